The summed E-state index contributed by atoms with van der Waals surface area (Å²) in [6, 6.07) is 6.33. The van der Waals surface area contributed by atoms with Crippen molar-refractivity contribution in [2.45, 2.75) is 38.5 Å². The van der Waals surface area contributed by atoms with Gasteiger partial charge in [-0.05, 0) is 43.4 Å². The number of fused-ring (bicyclic) bond motifs is 1. The fraction of sp³-hybridized carbons (Fsp3) is 0.562. The van der Waals surface area contributed by atoms with Crippen LogP contribution in [0.5, 0.6) is 0 Å². The highest BCUT2D eigenvalue weighted by Gasteiger charge is 2.23. The molecule has 0 spiro atoms. The van der Waals surface area contributed by atoms with Gasteiger partial charge in [-0.25, -0.2) is 0 Å². The van der Waals surface area contributed by atoms with E-state index in [2.05, 4.69) is 29.4 Å². The summed E-state index contributed by atoms with van der Waals surface area (Å²) in [5, 5.41) is 3.09. The van der Waals surface area contributed by atoms with E-state index in [9.17, 15) is 4.79 Å². The molecule has 102 valence electrons. The van der Waals surface area contributed by atoms with Crippen LogP contribution in [0, 0.1) is 5.92 Å². The number of anilines is 2. The molecule has 0 saturated heterocycles. The molecule has 0 radical (unpaired) electrons. The number of rotatable bonds is 2. The van der Waals surface area contributed by atoms with Gasteiger partial charge >= 0.3 is 0 Å². The molecule has 3 heteroatoms. The van der Waals surface area contributed by atoms with Crippen molar-refractivity contribution >= 4 is 17.3 Å². The molecule has 2 aliphatic rings. The monoisotopic (exact) mass is 258 g/mol. The topological polar surface area (TPSA) is 32.3 Å². The molecule has 1 aliphatic heterocycles. The van der Waals surface area contributed by atoms with E-state index in [0.29, 0.717) is 0 Å². The third kappa shape index (κ3) is 2.60. The van der Waals surface area contributed by atoms with Gasteiger partial charge < -0.3 is 10.2 Å². The van der Waals surface area contributed by atoms with E-state index in [4.69, 9.17) is 0 Å². The summed E-state index contributed by atoms with van der Waals surface area (Å²) in [5.41, 5.74) is 3.62. The van der Waals surface area contributed by atoms with Gasteiger partial charge in [-0.3, -0.25) is 4.79 Å². The Morgan fingerprint density at radius 1 is 1.26 bits per heavy atom. The van der Waals surface area contributed by atoms with Crippen molar-refractivity contribution in [2.75, 3.05) is 23.8 Å². The zero-order valence-electron chi connectivity index (χ0n) is 11.6. The van der Waals surface area contributed by atoms with Gasteiger partial charge in [0.05, 0.1) is 0 Å². The molecule has 1 aliphatic carbocycles. The number of carbonyl (C=O) groups excluding carboxylic acids is 1. The molecule has 1 N–H and O–H groups in total. The first-order valence-electron chi connectivity index (χ1n) is 7.39. The number of carbonyl (C=O) groups is 1. The number of hydrogen-bond donors (Lipinski definition) is 1. The molecule has 0 aromatic heterocycles. The highest BCUT2D eigenvalue weighted by molar-refractivity contribution is 5.93. The molecule has 1 fully saturated rings. The average molecular weight is 258 g/mol. The van der Waals surface area contributed by atoms with Crippen molar-refractivity contribution in [1.82, 2.24) is 0 Å². The van der Waals surface area contributed by atoms with Crippen molar-refractivity contribution in [3.63, 3.8) is 0 Å². The molecule has 1 amide bonds. The molecular weight excluding hydrogens is 236 g/mol. The van der Waals surface area contributed by atoms with Gasteiger partial charge in [0.1, 0.15) is 0 Å². The number of benzene rings is 1. The Morgan fingerprint density at radius 2 is 2.05 bits per heavy atom. The number of nitrogens with zero attached hydrogens (tertiary/aromatic N) is 1. The van der Waals surface area contributed by atoms with E-state index < -0.39 is 0 Å². The van der Waals surface area contributed by atoms with Crippen LogP contribution in [0.3, 0.4) is 0 Å². The molecule has 0 atom stereocenters. The van der Waals surface area contributed by atoms with Gasteiger partial charge in [0.2, 0.25) is 5.91 Å². The van der Waals surface area contributed by atoms with Gasteiger partial charge in [-0.15, -0.1) is 0 Å². The standard InChI is InChI=1S/C16H22N2O/c1-18-10-4-7-12-8-9-14(11-15(12)18)17-16(19)13-5-2-3-6-13/h8-9,11,13H,2-7,10H2,1H3,(H,17,19). The first-order valence-corrected chi connectivity index (χ1v) is 7.39. The third-order valence-electron chi connectivity index (χ3n) is 4.43. The number of hydrogen-bond acceptors (Lipinski definition) is 2. The first kappa shape index (κ1) is 12.5. The van der Waals surface area contributed by atoms with Crippen LogP contribution in [0.25, 0.3) is 0 Å². The lowest BCUT2D eigenvalue weighted by Crippen LogP contribution is -2.25. The number of aryl methyl sites for hydroxylation is 1. The van der Waals surface area contributed by atoms with Crippen molar-refractivity contribution in [3.05, 3.63) is 23.8 Å². The smallest absolute Gasteiger partial charge is 0.227 e. The maximum absolute atomic E-state index is 12.1. The molecule has 3 nitrogen and oxygen atoms in total. The second-order valence-electron chi connectivity index (χ2n) is 5.84. The lowest BCUT2D eigenvalue weighted by molar-refractivity contribution is -0.119. The van der Waals surface area contributed by atoms with Crippen molar-refractivity contribution in [2.24, 2.45) is 5.92 Å². The minimum Gasteiger partial charge on any atom is -0.374 e. The lowest BCUT2D eigenvalue weighted by Gasteiger charge is -2.28. The van der Waals surface area contributed by atoms with E-state index in [1.54, 1.807) is 0 Å². The second-order valence-corrected chi connectivity index (χ2v) is 5.84. The molecule has 1 saturated carbocycles. The zero-order valence-corrected chi connectivity index (χ0v) is 11.6. The minimum atomic E-state index is 0.205. The molecule has 1 aromatic rings. The highest BCUT2D eigenvalue weighted by Crippen LogP contribution is 2.30. The van der Waals surface area contributed by atoms with Crippen LogP contribution in [-0.4, -0.2) is 19.5 Å². The number of nitrogens with one attached hydrogen (secondary N) is 1. The normalized spacial score (nSPS) is 19.3. The number of amides is 1. The summed E-state index contributed by atoms with van der Waals surface area (Å²) in [7, 11) is 2.13. The van der Waals surface area contributed by atoms with E-state index in [1.165, 1.54) is 30.5 Å². The molecular formula is C16H22N2O. The summed E-state index contributed by atoms with van der Waals surface area (Å²) in [5.74, 6) is 0.435. The SMILES string of the molecule is CN1CCCc2ccc(NC(=O)C3CCCC3)cc21. The summed E-state index contributed by atoms with van der Waals surface area (Å²) in [6.07, 6.45) is 6.87. The van der Waals surface area contributed by atoms with Crippen LogP contribution in [0.15, 0.2) is 18.2 Å². The minimum absolute atomic E-state index is 0.205. The maximum Gasteiger partial charge on any atom is 0.227 e. The van der Waals surface area contributed by atoms with Gasteiger partial charge in [0.15, 0.2) is 0 Å². The van der Waals surface area contributed by atoms with Crippen LogP contribution >= 0.6 is 0 Å². The molecule has 0 bridgehead atoms. The van der Waals surface area contributed by atoms with E-state index in [1.807, 2.05) is 6.07 Å². The predicted octanol–water partition coefficient (Wildman–Crippen LogP) is 3.20. The summed E-state index contributed by atoms with van der Waals surface area (Å²) in [6.45, 7) is 1.10. The fourth-order valence-corrected chi connectivity index (χ4v) is 3.27. The largest absolute Gasteiger partial charge is 0.374 e. The second kappa shape index (κ2) is 5.24. The summed E-state index contributed by atoms with van der Waals surface area (Å²) >= 11 is 0. The van der Waals surface area contributed by atoms with Crippen LogP contribution in [0.1, 0.15) is 37.7 Å². The van der Waals surface area contributed by atoms with Crippen LogP contribution in [0.4, 0.5) is 11.4 Å². The third-order valence-corrected chi connectivity index (χ3v) is 4.43. The van der Waals surface area contributed by atoms with Crippen molar-refractivity contribution < 1.29 is 4.79 Å². The van der Waals surface area contributed by atoms with E-state index in [0.717, 1.165) is 31.5 Å². The van der Waals surface area contributed by atoms with E-state index in [-0.39, 0.29) is 11.8 Å². The Bertz CT molecular complexity index is 478. The average Bonchev–Trinajstić information content (AvgIpc) is 2.94. The van der Waals surface area contributed by atoms with Crippen LogP contribution in [-0.2, 0) is 11.2 Å². The molecule has 0 unspecified atom stereocenters. The lowest BCUT2D eigenvalue weighted by atomic mass is 10.0. The van der Waals surface area contributed by atoms with Crippen LogP contribution in [0.2, 0.25) is 0 Å². The van der Waals surface area contributed by atoms with Crippen molar-refractivity contribution in [1.29, 1.82) is 0 Å². The molecule has 1 heterocycles. The van der Waals surface area contributed by atoms with Gasteiger partial charge in [-0.1, -0.05) is 18.9 Å². The van der Waals surface area contributed by atoms with Gasteiger partial charge in [-0.2, -0.15) is 0 Å². The van der Waals surface area contributed by atoms with Gasteiger partial charge in [0, 0.05) is 30.9 Å². The molecule has 1 aromatic carbocycles. The molecule has 19 heavy (non-hydrogen) atoms. The zero-order chi connectivity index (χ0) is 13.2. The Balaban J connectivity index is 1.74. The fourth-order valence-electron chi connectivity index (χ4n) is 3.27. The highest BCUT2D eigenvalue weighted by atomic mass is 16.1. The predicted molar refractivity (Wildman–Crippen MR) is 78.6 cm³/mol. The Hall–Kier alpha value is -1.51. The van der Waals surface area contributed by atoms with Crippen LogP contribution < -0.4 is 10.2 Å². The Kier molecular flexibility index (Phi) is 3.45. The van der Waals surface area contributed by atoms with Crippen molar-refractivity contribution in [3.8, 4) is 0 Å². The first-order chi connectivity index (χ1) is 9.24. The molecule has 3 rings (SSSR count). The maximum atomic E-state index is 12.1. The van der Waals surface area contributed by atoms with E-state index >= 15 is 0 Å². The Labute approximate surface area is 115 Å². The van der Waals surface area contributed by atoms with Gasteiger partial charge in [0.25, 0.3) is 0 Å². The summed E-state index contributed by atoms with van der Waals surface area (Å²) < 4.78 is 0. The Morgan fingerprint density at radius 3 is 2.84 bits per heavy atom. The quantitative estimate of drug-likeness (QED) is 0.883. The summed E-state index contributed by atoms with van der Waals surface area (Å²) in [4.78, 5) is 14.4.